The minimum atomic E-state index is 0.447. The van der Waals surface area contributed by atoms with Gasteiger partial charge in [-0.15, -0.1) is 0 Å². The second-order valence-corrected chi connectivity index (χ2v) is 3.77. The molecule has 0 aliphatic rings. The lowest BCUT2D eigenvalue weighted by atomic mass is 10.0. The SMILES string of the molecule is COc1ccccc1-c1cccc(CC=O)c1. The summed E-state index contributed by atoms with van der Waals surface area (Å²) in [5.41, 5.74) is 3.13. The number of hydrogen-bond donors (Lipinski definition) is 0. The summed E-state index contributed by atoms with van der Waals surface area (Å²) >= 11 is 0. The Kier molecular flexibility index (Phi) is 3.55. The Morgan fingerprint density at radius 2 is 1.94 bits per heavy atom. The fourth-order valence-electron chi connectivity index (χ4n) is 1.85. The van der Waals surface area contributed by atoms with Crippen LogP contribution in [-0.4, -0.2) is 13.4 Å². The summed E-state index contributed by atoms with van der Waals surface area (Å²) in [6.07, 6.45) is 1.37. The fourth-order valence-corrected chi connectivity index (χ4v) is 1.85. The van der Waals surface area contributed by atoms with Crippen molar-refractivity contribution in [1.29, 1.82) is 0 Å². The molecule has 86 valence electrons. The van der Waals surface area contributed by atoms with Crippen LogP contribution in [0.5, 0.6) is 5.75 Å². The predicted molar refractivity (Wildman–Crippen MR) is 68.2 cm³/mol. The van der Waals surface area contributed by atoms with Gasteiger partial charge in [0.1, 0.15) is 12.0 Å². The first-order chi connectivity index (χ1) is 8.35. The van der Waals surface area contributed by atoms with E-state index in [9.17, 15) is 4.79 Å². The zero-order valence-corrected chi connectivity index (χ0v) is 9.72. The third-order valence-corrected chi connectivity index (χ3v) is 2.66. The van der Waals surface area contributed by atoms with Gasteiger partial charge in [0.05, 0.1) is 7.11 Å². The van der Waals surface area contributed by atoms with Crippen LogP contribution in [0.15, 0.2) is 48.5 Å². The van der Waals surface area contributed by atoms with Crippen LogP contribution in [0.3, 0.4) is 0 Å². The Labute approximate surface area is 101 Å². The number of ether oxygens (including phenoxy) is 1. The van der Waals surface area contributed by atoms with Gasteiger partial charge in [-0.25, -0.2) is 0 Å². The van der Waals surface area contributed by atoms with Gasteiger partial charge < -0.3 is 9.53 Å². The van der Waals surface area contributed by atoms with Crippen molar-refractivity contribution < 1.29 is 9.53 Å². The molecule has 0 heterocycles. The number of carbonyl (C=O) groups is 1. The molecule has 0 atom stereocenters. The third-order valence-electron chi connectivity index (χ3n) is 2.66. The van der Waals surface area contributed by atoms with E-state index in [2.05, 4.69) is 0 Å². The van der Waals surface area contributed by atoms with E-state index in [1.54, 1.807) is 7.11 Å². The van der Waals surface area contributed by atoms with Gasteiger partial charge in [-0.1, -0.05) is 42.5 Å². The molecule has 0 N–H and O–H groups in total. The highest BCUT2D eigenvalue weighted by molar-refractivity contribution is 5.71. The molecule has 0 radical (unpaired) electrons. The number of carbonyl (C=O) groups excluding carboxylic acids is 1. The van der Waals surface area contributed by atoms with Gasteiger partial charge in [0.15, 0.2) is 0 Å². The zero-order chi connectivity index (χ0) is 12.1. The molecular formula is C15H14O2. The summed E-state index contributed by atoms with van der Waals surface area (Å²) in [4.78, 5) is 10.5. The second kappa shape index (κ2) is 5.30. The molecule has 0 saturated heterocycles. The number of para-hydroxylation sites is 1. The molecule has 2 heteroatoms. The summed E-state index contributed by atoms with van der Waals surface area (Å²) in [7, 11) is 1.66. The monoisotopic (exact) mass is 226 g/mol. The van der Waals surface area contributed by atoms with Crippen molar-refractivity contribution in [2.75, 3.05) is 7.11 Å². The van der Waals surface area contributed by atoms with Crippen LogP contribution in [0.25, 0.3) is 11.1 Å². The molecule has 2 aromatic rings. The van der Waals surface area contributed by atoms with Crippen molar-refractivity contribution in [3.05, 3.63) is 54.1 Å². The summed E-state index contributed by atoms with van der Waals surface area (Å²) in [6, 6.07) is 15.8. The topological polar surface area (TPSA) is 26.3 Å². The number of hydrogen-bond acceptors (Lipinski definition) is 2. The molecular weight excluding hydrogens is 212 g/mol. The fraction of sp³-hybridized carbons (Fsp3) is 0.133. The van der Waals surface area contributed by atoms with E-state index in [-0.39, 0.29) is 0 Å². The smallest absolute Gasteiger partial charge is 0.126 e. The van der Waals surface area contributed by atoms with E-state index < -0.39 is 0 Å². The van der Waals surface area contributed by atoms with Crippen molar-refractivity contribution in [2.24, 2.45) is 0 Å². The van der Waals surface area contributed by atoms with Crippen LogP contribution in [0.1, 0.15) is 5.56 Å². The molecule has 0 fully saturated rings. The van der Waals surface area contributed by atoms with Crippen LogP contribution in [0.4, 0.5) is 0 Å². The Balaban J connectivity index is 2.45. The highest BCUT2D eigenvalue weighted by Gasteiger charge is 2.04. The van der Waals surface area contributed by atoms with Crippen LogP contribution in [0, 0.1) is 0 Å². The molecule has 0 bridgehead atoms. The van der Waals surface area contributed by atoms with Crippen molar-refractivity contribution in [2.45, 2.75) is 6.42 Å². The van der Waals surface area contributed by atoms with E-state index in [0.29, 0.717) is 6.42 Å². The average Bonchev–Trinajstić information content (AvgIpc) is 2.39. The van der Waals surface area contributed by atoms with Crippen LogP contribution in [-0.2, 0) is 11.2 Å². The highest BCUT2D eigenvalue weighted by Crippen LogP contribution is 2.29. The highest BCUT2D eigenvalue weighted by atomic mass is 16.5. The molecule has 0 aliphatic carbocycles. The lowest BCUT2D eigenvalue weighted by molar-refractivity contribution is -0.107. The molecule has 0 amide bonds. The van der Waals surface area contributed by atoms with E-state index in [4.69, 9.17) is 4.74 Å². The normalized spacial score (nSPS) is 9.94. The average molecular weight is 226 g/mol. The number of rotatable bonds is 4. The number of methoxy groups -OCH3 is 1. The molecule has 0 spiro atoms. The minimum absolute atomic E-state index is 0.447. The minimum Gasteiger partial charge on any atom is -0.496 e. The van der Waals surface area contributed by atoms with Gasteiger partial charge in [-0.2, -0.15) is 0 Å². The van der Waals surface area contributed by atoms with E-state index in [0.717, 1.165) is 28.7 Å². The first kappa shape index (κ1) is 11.4. The quantitative estimate of drug-likeness (QED) is 0.749. The lowest BCUT2D eigenvalue weighted by Crippen LogP contribution is -1.90. The van der Waals surface area contributed by atoms with Crippen LogP contribution < -0.4 is 4.74 Å². The lowest BCUT2D eigenvalue weighted by Gasteiger charge is -2.09. The van der Waals surface area contributed by atoms with Gasteiger partial charge in [0, 0.05) is 12.0 Å². The maximum absolute atomic E-state index is 10.5. The number of benzene rings is 2. The zero-order valence-electron chi connectivity index (χ0n) is 9.72. The largest absolute Gasteiger partial charge is 0.496 e. The summed E-state index contributed by atoms with van der Waals surface area (Å²) in [5.74, 6) is 0.843. The van der Waals surface area contributed by atoms with Crippen molar-refractivity contribution in [3.63, 3.8) is 0 Å². The summed E-state index contributed by atoms with van der Waals surface area (Å²) in [6.45, 7) is 0. The Hall–Kier alpha value is -2.09. The molecule has 2 aromatic carbocycles. The van der Waals surface area contributed by atoms with E-state index in [1.165, 1.54) is 0 Å². The Morgan fingerprint density at radius 3 is 2.71 bits per heavy atom. The van der Waals surface area contributed by atoms with Crippen molar-refractivity contribution in [1.82, 2.24) is 0 Å². The number of aldehydes is 1. The molecule has 17 heavy (non-hydrogen) atoms. The molecule has 0 unspecified atom stereocenters. The van der Waals surface area contributed by atoms with Gasteiger partial charge in [0.2, 0.25) is 0 Å². The molecule has 0 aromatic heterocycles. The van der Waals surface area contributed by atoms with Gasteiger partial charge in [0.25, 0.3) is 0 Å². The van der Waals surface area contributed by atoms with Crippen LogP contribution >= 0.6 is 0 Å². The second-order valence-electron chi connectivity index (χ2n) is 3.77. The van der Waals surface area contributed by atoms with Crippen LogP contribution in [0.2, 0.25) is 0 Å². The van der Waals surface area contributed by atoms with Gasteiger partial charge in [-0.3, -0.25) is 0 Å². The molecule has 2 rings (SSSR count). The predicted octanol–water partition coefficient (Wildman–Crippen LogP) is 3.10. The summed E-state index contributed by atoms with van der Waals surface area (Å²) in [5, 5.41) is 0. The van der Waals surface area contributed by atoms with E-state index >= 15 is 0 Å². The molecule has 0 aliphatic heterocycles. The van der Waals surface area contributed by atoms with Gasteiger partial charge >= 0.3 is 0 Å². The Morgan fingerprint density at radius 1 is 1.12 bits per heavy atom. The standard InChI is InChI=1S/C15H14O2/c1-17-15-8-3-2-7-14(15)13-6-4-5-12(11-13)9-10-16/h2-8,10-11H,9H2,1H3. The molecule has 0 saturated carbocycles. The Bertz CT molecular complexity index is 518. The first-order valence-electron chi connectivity index (χ1n) is 5.51. The molecule has 2 nitrogen and oxygen atoms in total. The van der Waals surface area contributed by atoms with Crippen molar-refractivity contribution >= 4 is 6.29 Å². The van der Waals surface area contributed by atoms with Gasteiger partial charge in [-0.05, 0) is 17.2 Å². The first-order valence-corrected chi connectivity index (χ1v) is 5.51. The summed E-state index contributed by atoms with van der Waals surface area (Å²) < 4.78 is 5.33. The maximum Gasteiger partial charge on any atom is 0.126 e. The maximum atomic E-state index is 10.5. The van der Waals surface area contributed by atoms with E-state index in [1.807, 2.05) is 48.5 Å². The van der Waals surface area contributed by atoms with Crippen molar-refractivity contribution in [3.8, 4) is 16.9 Å². The third kappa shape index (κ3) is 2.53.